The van der Waals surface area contributed by atoms with Gasteiger partial charge >= 0.3 is 12.4 Å². The topological polar surface area (TPSA) is 110 Å². The lowest BCUT2D eigenvalue weighted by atomic mass is 10.0. The van der Waals surface area contributed by atoms with E-state index in [0.29, 0.717) is 12.1 Å². The van der Waals surface area contributed by atoms with Crippen LogP contribution in [0.3, 0.4) is 0 Å². The first kappa shape index (κ1) is 22.5. The van der Waals surface area contributed by atoms with Crippen molar-refractivity contribution in [2.75, 3.05) is 0 Å². The fraction of sp³-hybridized carbons (Fsp3) is 0.105. The summed E-state index contributed by atoms with van der Waals surface area (Å²) in [6, 6.07) is 4.08. The van der Waals surface area contributed by atoms with Crippen molar-refractivity contribution in [1.82, 2.24) is 19.7 Å². The molecule has 3 aromatic rings. The van der Waals surface area contributed by atoms with E-state index in [1.165, 1.54) is 18.5 Å². The van der Waals surface area contributed by atoms with Crippen molar-refractivity contribution in [3.8, 4) is 17.5 Å². The molecule has 0 radical (unpaired) electrons. The Morgan fingerprint density at radius 2 is 1.66 bits per heavy atom. The zero-order chi connectivity index (χ0) is 23.7. The molecule has 1 amide bonds. The number of carbonyl (C=O) groups excluding carboxylic acids is 1. The molecule has 2 heterocycles. The number of benzene rings is 1. The van der Waals surface area contributed by atoms with Gasteiger partial charge in [-0.2, -0.15) is 31.6 Å². The number of carbonyl (C=O) groups is 1. The second kappa shape index (κ2) is 8.14. The number of halogens is 6. The van der Waals surface area contributed by atoms with Gasteiger partial charge in [-0.3, -0.25) is 9.78 Å². The number of hydrogen-bond donors (Lipinski definition) is 1. The minimum absolute atomic E-state index is 0.0131. The first-order valence-corrected chi connectivity index (χ1v) is 8.46. The van der Waals surface area contributed by atoms with E-state index in [0.717, 1.165) is 17.2 Å². The summed E-state index contributed by atoms with van der Waals surface area (Å²) >= 11 is 0. The van der Waals surface area contributed by atoms with Gasteiger partial charge in [-0.05, 0) is 24.3 Å². The Morgan fingerprint density at radius 3 is 2.19 bits per heavy atom. The van der Waals surface area contributed by atoms with Crippen LogP contribution in [0.1, 0.15) is 22.3 Å². The van der Waals surface area contributed by atoms with Crippen LogP contribution >= 0.6 is 0 Å². The lowest BCUT2D eigenvalue weighted by Crippen LogP contribution is -2.14. The predicted octanol–water partition coefficient (Wildman–Crippen LogP) is 3.73. The van der Waals surface area contributed by atoms with Gasteiger partial charge in [0.25, 0.3) is 5.91 Å². The van der Waals surface area contributed by atoms with E-state index in [1.807, 2.05) is 6.07 Å². The first-order valence-electron chi connectivity index (χ1n) is 8.46. The van der Waals surface area contributed by atoms with Crippen LogP contribution in [-0.2, 0) is 17.1 Å². The summed E-state index contributed by atoms with van der Waals surface area (Å²) in [5, 5.41) is 12.8. The van der Waals surface area contributed by atoms with Crippen LogP contribution in [0, 0.1) is 11.3 Å². The van der Waals surface area contributed by atoms with Gasteiger partial charge in [-0.15, -0.1) is 5.10 Å². The van der Waals surface area contributed by atoms with Crippen LogP contribution in [0.25, 0.3) is 23.2 Å². The molecule has 164 valence electrons. The fourth-order valence-corrected chi connectivity index (χ4v) is 2.61. The third kappa shape index (κ3) is 4.91. The summed E-state index contributed by atoms with van der Waals surface area (Å²) < 4.78 is 79.3. The van der Waals surface area contributed by atoms with E-state index in [2.05, 4.69) is 15.1 Å². The molecule has 2 N–H and O–H groups in total. The lowest BCUT2D eigenvalue weighted by molar-refractivity contribution is -0.143. The summed E-state index contributed by atoms with van der Waals surface area (Å²) in [5.74, 6) is -1.40. The van der Waals surface area contributed by atoms with Crippen LogP contribution < -0.4 is 5.73 Å². The number of pyridine rings is 1. The molecule has 7 nitrogen and oxygen atoms in total. The Bertz CT molecular complexity index is 1220. The average molecular weight is 452 g/mol. The van der Waals surface area contributed by atoms with Gasteiger partial charge in [0.05, 0.1) is 22.3 Å². The fourth-order valence-electron chi connectivity index (χ4n) is 2.61. The molecule has 0 aliphatic rings. The minimum Gasteiger partial charge on any atom is -0.366 e. The molecule has 0 fully saturated rings. The van der Waals surface area contributed by atoms with Gasteiger partial charge < -0.3 is 5.73 Å². The van der Waals surface area contributed by atoms with Crippen LogP contribution in [0.4, 0.5) is 26.3 Å². The molecule has 0 atom stereocenters. The number of amides is 1. The van der Waals surface area contributed by atoms with Gasteiger partial charge in [-0.1, -0.05) is 0 Å². The SMILES string of the molecule is N#Cc1cncc(/C(=C\n2cnc(-c3cc(C(F)(F)F)cc(C(F)(F)F)c3)n2)C(N)=O)c1. The van der Waals surface area contributed by atoms with Crippen molar-refractivity contribution in [3.63, 3.8) is 0 Å². The normalized spacial score (nSPS) is 12.5. The van der Waals surface area contributed by atoms with E-state index in [-0.39, 0.29) is 22.8 Å². The smallest absolute Gasteiger partial charge is 0.366 e. The second-order valence-electron chi connectivity index (χ2n) is 6.32. The zero-order valence-corrected chi connectivity index (χ0v) is 15.6. The molecule has 3 rings (SSSR count). The Labute approximate surface area is 175 Å². The van der Waals surface area contributed by atoms with Crippen LogP contribution in [0.5, 0.6) is 0 Å². The highest BCUT2D eigenvalue weighted by molar-refractivity contribution is 6.22. The van der Waals surface area contributed by atoms with Crippen molar-refractivity contribution in [2.45, 2.75) is 12.4 Å². The maximum absolute atomic E-state index is 13.1. The van der Waals surface area contributed by atoms with Crippen LogP contribution in [-0.4, -0.2) is 25.7 Å². The van der Waals surface area contributed by atoms with Crippen molar-refractivity contribution in [1.29, 1.82) is 5.26 Å². The number of nitrogens with two attached hydrogens (primary N) is 1. The minimum atomic E-state index is -5.03. The molecule has 0 bridgehead atoms. The number of hydrogen-bond acceptors (Lipinski definition) is 5. The monoisotopic (exact) mass is 452 g/mol. The molecule has 0 saturated heterocycles. The maximum atomic E-state index is 13.1. The van der Waals surface area contributed by atoms with Crippen LogP contribution in [0.2, 0.25) is 0 Å². The number of aromatic nitrogens is 4. The van der Waals surface area contributed by atoms with E-state index >= 15 is 0 Å². The molecule has 2 aromatic heterocycles. The molecule has 0 aliphatic heterocycles. The summed E-state index contributed by atoms with van der Waals surface area (Å²) in [5.41, 5.74) is 1.85. The molecule has 13 heteroatoms. The molecule has 0 aliphatic carbocycles. The average Bonchev–Trinajstić information content (AvgIpc) is 3.19. The number of nitrogens with zero attached hydrogens (tertiary/aromatic N) is 5. The van der Waals surface area contributed by atoms with Gasteiger partial charge in [0.1, 0.15) is 12.4 Å². The summed E-state index contributed by atoms with van der Waals surface area (Å²) in [7, 11) is 0. The van der Waals surface area contributed by atoms with Crippen molar-refractivity contribution < 1.29 is 31.1 Å². The Kier molecular flexibility index (Phi) is 5.72. The quantitative estimate of drug-likeness (QED) is 0.479. The first-order chi connectivity index (χ1) is 14.9. The molecule has 0 spiro atoms. The number of rotatable bonds is 4. The Hall–Kier alpha value is -4.21. The predicted molar refractivity (Wildman–Crippen MR) is 97.8 cm³/mol. The number of alkyl halides is 6. The zero-order valence-electron chi connectivity index (χ0n) is 15.6. The van der Waals surface area contributed by atoms with Crippen molar-refractivity contribution in [2.24, 2.45) is 5.73 Å². The largest absolute Gasteiger partial charge is 0.416 e. The maximum Gasteiger partial charge on any atom is 0.416 e. The summed E-state index contributed by atoms with van der Waals surface area (Å²) in [6.45, 7) is 0. The van der Waals surface area contributed by atoms with E-state index < -0.39 is 40.8 Å². The molecular weight excluding hydrogens is 442 g/mol. The van der Waals surface area contributed by atoms with Crippen molar-refractivity contribution in [3.05, 3.63) is 65.2 Å². The van der Waals surface area contributed by atoms with Gasteiger partial charge in [0.15, 0.2) is 5.82 Å². The summed E-state index contributed by atoms with van der Waals surface area (Å²) in [4.78, 5) is 19.3. The number of primary amides is 1. The molecule has 0 unspecified atom stereocenters. The van der Waals surface area contributed by atoms with Crippen molar-refractivity contribution >= 4 is 17.7 Å². The molecule has 32 heavy (non-hydrogen) atoms. The van der Waals surface area contributed by atoms with E-state index in [9.17, 15) is 31.1 Å². The highest BCUT2D eigenvalue weighted by Gasteiger charge is 2.37. The second-order valence-corrected chi connectivity index (χ2v) is 6.32. The van der Waals surface area contributed by atoms with Crippen LogP contribution in [0.15, 0.2) is 43.0 Å². The third-order valence-electron chi connectivity index (χ3n) is 4.06. The highest BCUT2D eigenvalue weighted by atomic mass is 19.4. The van der Waals surface area contributed by atoms with E-state index in [4.69, 9.17) is 11.0 Å². The molecule has 0 saturated carbocycles. The molecular formula is C19H10F6N6O. The van der Waals surface area contributed by atoms with E-state index in [1.54, 1.807) is 0 Å². The Morgan fingerprint density at radius 1 is 1.03 bits per heavy atom. The molecule has 1 aromatic carbocycles. The van der Waals surface area contributed by atoms with Gasteiger partial charge in [0.2, 0.25) is 0 Å². The third-order valence-corrected chi connectivity index (χ3v) is 4.06. The standard InChI is InChI=1S/C19H10F6N6O/c20-18(21,22)13-2-11(3-14(4-13)19(23,24)25)17-29-9-31(30-17)8-15(16(27)32)12-1-10(5-26)6-28-7-12/h1-4,6-9H,(H2,27,32)/b15-8+. The Balaban J connectivity index is 2.08. The van der Waals surface area contributed by atoms with Gasteiger partial charge in [-0.25, -0.2) is 9.67 Å². The van der Waals surface area contributed by atoms with Gasteiger partial charge in [0, 0.05) is 29.7 Å². The lowest BCUT2D eigenvalue weighted by Gasteiger charge is -2.13. The highest BCUT2D eigenvalue weighted by Crippen LogP contribution is 2.38. The summed E-state index contributed by atoms with van der Waals surface area (Å²) in [6.07, 6.45) is -5.57. The number of nitriles is 1.